The molecule has 1 saturated heterocycles. The Morgan fingerprint density at radius 3 is 2.72 bits per heavy atom. The van der Waals surface area contributed by atoms with Gasteiger partial charge in [0.2, 0.25) is 0 Å². The molecule has 0 saturated carbocycles. The van der Waals surface area contributed by atoms with Crippen molar-refractivity contribution < 1.29 is 0 Å². The van der Waals surface area contributed by atoms with E-state index in [0.717, 1.165) is 30.9 Å². The third kappa shape index (κ3) is 2.07. The molecule has 1 aromatic heterocycles. The van der Waals surface area contributed by atoms with Crippen LogP contribution in [0.5, 0.6) is 0 Å². The number of nitrogens with one attached hydrogen (secondary N) is 2. The van der Waals surface area contributed by atoms with Crippen LogP contribution in [0.15, 0.2) is 41.3 Å². The lowest BCUT2D eigenvalue weighted by Gasteiger charge is -2.08. The summed E-state index contributed by atoms with van der Waals surface area (Å²) in [5.41, 5.74) is 1.48. The van der Waals surface area contributed by atoms with Crippen LogP contribution in [-0.4, -0.2) is 23.1 Å². The maximum absolute atomic E-state index is 12.1. The van der Waals surface area contributed by atoms with Gasteiger partial charge in [-0.15, -0.1) is 0 Å². The fraction of sp³-hybridized carbons (Fsp3) is 0.286. The van der Waals surface area contributed by atoms with Crippen LogP contribution < -0.4 is 10.9 Å². The average Bonchev–Trinajstić information content (AvgIpc) is 2.93. The van der Waals surface area contributed by atoms with Crippen LogP contribution in [0.3, 0.4) is 0 Å². The Hall–Kier alpha value is -1.94. The van der Waals surface area contributed by atoms with Crippen LogP contribution in [-0.2, 0) is 0 Å². The first-order chi connectivity index (χ1) is 8.84. The van der Waals surface area contributed by atoms with Crippen molar-refractivity contribution in [3.8, 4) is 11.1 Å². The molecule has 1 atom stereocenters. The summed E-state index contributed by atoms with van der Waals surface area (Å²) < 4.78 is 0. The second-order valence-electron chi connectivity index (χ2n) is 4.57. The number of rotatable bonds is 2. The van der Waals surface area contributed by atoms with Gasteiger partial charge >= 0.3 is 0 Å². The van der Waals surface area contributed by atoms with Crippen molar-refractivity contribution in [3.05, 3.63) is 52.7 Å². The molecule has 92 valence electrons. The highest BCUT2D eigenvalue weighted by Crippen LogP contribution is 2.19. The normalized spacial score (nSPS) is 19.0. The molecular weight excluding hydrogens is 226 g/mol. The molecule has 4 heteroatoms. The summed E-state index contributed by atoms with van der Waals surface area (Å²) in [7, 11) is 0. The van der Waals surface area contributed by atoms with Crippen LogP contribution >= 0.6 is 0 Å². The van der Waals surface area contributed by atoms with Crippen molar-refractivity contribution in [2.75, 3.05) is 13.1 Å². The standard InChI is InChI=1S/C14H15N3O/c18-14-12(10-4-2-1-3-5-10)9-16-13(17-14)11-6-7-15-8-11/h1-5,9,11,15H,6-8H2,(H,16,17,18). The van der Waals surface area contributed by atoms with E-state index in [1.54, 1.807) is 6.20 Å². The molecule has 2 heterocycles. The summed E-state index contributed by atoms with van der Waals surface area (Å²) in [6.07, 6.45) is 2.72. The van der Waals surface area contributed by atoms with Crippen molar-refractivity contribution in [2.45, 2.75) is 12.3 Å². The van der Waals surface area contributed by atoms with Gasteiger partial charge in [0.15, 0.2) is 0 Å². The van der Waals surface area contributed by atoms with Crippen molar-refractivity contribution in [1.29, 1.82) is 0 Å². The molecular formula is C14H15N3O. The first-order valence-corrected chi connectivity index (χ1v) is 6.20. The summed E-state index contributed by atoms with van der Waals surface area (Å²) in [4.78, 5) is 19.4. The zero-order valence-corrected chi connectivity index (χ0v) is 10.0. The van der Waals surface area contributed by atoms with Gasteiger partial charge in [-0.1, -0.05) is 30.3 Å². The van der Waals surface area contributed by atoms with E-state index in [2.05, 4.69) is 15.3 Å². The minimum absolute atomic E-state index is 0.0573. The number of nitrogens with zero attached hydrogens (tertiary/aromatic N) is 1. The predicted octanol–water partition coefficient (Wildman–Crippen LogP) is 1.51. The largest absolute Gasteiger partial charge is 0.316 e. The van der Waals surface area contributed by atoms with E-state index in [9.17, 15) is 4.79 Å². The fourth-order valence-corrected chi connectivity index (χ4v) is 2.33. The van der Waals surface area contributed by atoms with Gasteiger partial charge in [0.25, 0.3) is 5.56 Å². The molecule has 2 N–H and O–H groups in total. The van der Waals surface area contributed by atoms with E-state index in [0.29, 0.717) is 11.5 Å². The average molecular weight is 241 g/mol. The molecule has 2 aromatic rings. The van der Waals surface area contributed by atoms with Crippen LogP contribution in [0.2, 0.25) is 0 Å². The second kappa shape index (κ2) is 4.74. The zero-order chi connectivity index (χ0) is 12.4. The fourth-order valence-electron chi connectivity index (χ4n) is 2.33. The molecule has 1 aliphatic heterocycles. The quantitative estimate of drug-likeness (QED) is 0.838. The molecule has 0 spiro atoms. The number of hydrogen-bond acceptors (Lipinski definition) is 3. The van der Waals surface area contributed by atoms with Crippen LogP contribution in [0.4, 0.5) is 0 Å². The molecule has 0 amide bonds. The Labute approximate surface area is 105 Å². The Bertz CT molecular complexity index is 585. The van der Waals surface area contributed by atoms with E-state index >= 15 is 0 Å². The zero-order valence-electron chi connectivity index (χ0n) is 10.0. The first-order valence-electron chi connectivity index (χ1n) is 6.20. The number of hydrogen-bond donors (Lipinski definition) is 2. The molecule has 0 bridgehead atoms. The number of H-pyrrole nitrogens is 1. The van der Waals surface area contributed by atoms with Gasteiger partial charge in [-0.05, 0) is 18.5 Å². The van der Waals surface area contributed by atoms with Crippen molar-refractivity contribution in [2.24, 2.45) is 0 Å². The molecule has 18 heavy (non-hydrogen) atoms. The van der Waals surface area contributed by atoms with E-state index in [4.69, 9.17) is 0 Å². The predicted molar refractivity (Wildman–Crippen MR) is 70.5 cm³/mol. The van der Waals surface area contributed by atoms with Crippen molar-refractivity contribution in [3.63, 3.8) is 0 Å². The number of aromatic nitrogens is 2. The molecule has 0 radical (unpaired) electrons. The van der Waals surface area contributed by atoms with Gasteiger partial charge in [0.1, 0.15) is 5.82 Å². The Balaban J connectivity index is 1.97. The van der Waals surface area contributed by atoms with Crippen molar-refractivity contribution >= 4 is 0 Å². The maximum atomic E-state index is 12.1. The number of aromatic amines is 1. The topological polar surface area (TPSA) is 57.8 Å². The van der Waals surface area contributed by atoms with Gasteiger partial charge in [0.05, 0.1) is 5.56 Å². The summed E-state index contributed by atoms with van der Waals surface area (Å²) in [5, 5.41) is 3.27. The van der Waals surface area contributed by atoms with Crippen LogP contribution in [0.1, 0.15) is 18.2 Å². The molecule has 1 fully saturated rings. The van der Waals surface area contributed by atoms with Crippen LogP contribution in [0, 0.1) is 0 Å². The monoisotopic (exact) mass is 241 g/mol. The minimum atomic E-state index is -0.0573. The van der Waals surface area contributed by atoms with Crippen LogP contribution in [0.25, 0.3) is 11.1 Å². The van der Waals surface area contributed by atoms with Gasteiger partial charge in [-0.25, -0.2) is 4.98 Å². The van der Waals surface area contributed by atoms with E-state index in [-0.39, 0.29) is 5.56 Å². The molecule has 0 aliphatic carbocycles. The Morgan fingerprint density at radius 2 is 2.06 bits per heavy atom. The molecule has 3 rings (SSSR count). The summed E-state index contributed by atoms with van der Waals surface area (Å²) in [5.74, 6) is 1.13. The molecule has 4 nitrogen and oxygen atoms in total. The van der Waals surface area contributed by atoms with Gasteiger partial charge in [-0.3, -0.25) is 4.79 Å². The molecule has 1 aromatic carbocycles. The molecule has 1 aliphatic rings. The Kier molecular flexibility index (Phi) is 2.94. The highest BCUT2D eigenvalue weighted by atomic mass is 16.1. The van der Waals surface area contributed by atoms with Gasteiger partial charge in [-0.2, -0.15) is 0 Å². The van der Waals surface area contributed by atoms with E-state index < -0.39 is 0 Å². The SMILES string of the molecule is O=c1[nH]c(C2CCNC2)ncc1-c1ccccc1. The minimum Gasteiger partial charge on any atom is -0.316 e. The first kappa shape index (κ1) is 11.2. The summed E-state index contributed by atoms with van der Waals surface area (Å²) >= 11 is 0. The summed E-state index contributed by atoms with van der Waals surface area (Å²) in [6, 6.07) is 9.61. The Morgan fingerprint density at radius 1 is 1.22 bits per heavy atom. The second-order valence-corrected chi connectivity index (χ2v) is 4.57. The lowest BCUT2D eigenvalue weighted by atomic mass is 10.1. The third-order valence-electron chi connectivity index (χ3n) is 3.35. The van der Waals surface area contributed by atoms with Gasteiger partial charge in [0, 0.05) is 18.7 Å². The molecule has 1 unspecified atom stereocenters. The van der Waals surface area contributed by atoms with Gasteiger partial charge < -0.3 is 10.3 Å². The smallest absolute Gasteiger partial charge is 0.258 e. The number of benzene rings is 1. The maximum Gasteiger partial charge on any atom is 0.258 e. The van der Waals surface area contributed by atoms with Crippen molar-refractivity contribution in [1.82, 2.24) is 15.3 Å². The highest BCUT2D eigenvalue weighted by molar-refractivity contribution is 5.60. The lowest BCUT2D eigenvalue weighted by Crippen LogP contribution is -2.17. The highest BCUT2D eigenvalue weighted by Gasteiger charge is 2.19. The third-order valence-corrected chi connectivity index (χ3v) is 3.35. The lowest BCUT2D eigenvalue weighted by molar-refractivity contribution is 0.697. The van der Waals surface area contributed by atoms with E-state index in [1.165, 1.54) is 0 Å². The van der Waals surface area contributed by atoms with E-state index in [1.807, 2.05) is 30.3 Å². The summed E-state index contributed by atoms with van der Waals surface area (Å²) in [6.45, 7) is 1.89.